The third kappa shape index (κ3) is 2.35. The highest BCUT2D eigenvalue weighted by Crippen LogP contribution is 2.63. The van der Waals surface area contributed by atoms with Gasteiger partial charge in [-0.05, 0) is 41.6 Å². The fourth-order valence-corrected chi connectivity index (χ4v) is 5.94. The Balaban J connectivity index is 1.79. The fraction of sp³-hybridized carbons (Fsp3) is 0.364. The SMILES string of the molecule is COC(=O)N1CCC2([C@@]3(CCN=[N+]=[N-])C(=O)Nc4ccccc43)c3ccccc3N[C@H]12. The Morgan fingerprint density at radius 1 is 1.23 bits per heavy atom. The molecule has 2 amide bonds. The molecule has 5 rings (SSSR count). The molecule has 0 aromatic heterocycles. The van der Waals surface area contributed by atoms with Gasteiger partial charge in [0.05, 0.1) is 17.9 Å². The minimum atomic E-state index is -1.02. The number of nitrogens with zero attached hydrogens (tertiary/aromatic N) is 4. The Bertz CT molecular complexity index is 1130. The molecule has 0 radical (unpaired) electrons. The van der Waals surface area contributed by atoms with Crippen LogP contribution in [0.3, 0.4) is 0 Å². The van der Waals surface area contributed by atoms with Crippen LogP contribution < -0.4 is 10.6 Å². The van der Waals surface area contributed by atoms with Crippen LogP contribution in [0.4, 0.5) is 16.2 Å². The summed E-state index contributed by atoms with van der Waals surface area (Å²) in [6, 6.07) is 15.5. The summed E-state index contributed by atoms with van der Waals surface area (Å²) in [4.78, 5) is 31.0. The molecule has 1 saturated heterocycles. The van der Waals surface area contributed by atoms with E-state index in [1.807, 2.05) is 48.5 Å². The Labute approximate surface area is 179 Å². The summed E-state index contributed by atoms with van der Waals surface area (Å²) in [7, 11) is 1.36. The molecule has 158 valence electrons. The molecule has 0 aliphatic carbocycles. The Morgan fingerprint density at radius 2 is 1.94 bits per heavy atom. The standard InChI is InChI=1S/C22H22N6O3/c1-31-20(30)28-13-11-21(14-6-2-4-8-16(14)25-18(21)28)22(10-12-24-27-23)15-7-3-5-9-17(15)26-19(22)29/h2-9,18,25H,10-13H2,1H3,(H,26,29)/t18-,21?,22-/m1/s1. The number of azide groups is 1. The van der Waals surface area contributed by atoms with Gasteiger partial charge in [-0.15, -0.1) is 0 Å². The number of ether oxygens (including phenoxy) is 1. The first-order chi connectivity index (χ1) is 15.1. The Hall–Kier alpha value is -3.71. The number of likely N-dealkylation sites (tertiary alicyclic amines) is 1. The third-order valence-corrected chi connectivity index (χ3v) is 7.07. The maximum absolute atomic E-state index is 13.8. The molecular weight excluding hydrogens is 396 g/mol. The number of rotatable bonds is 4. The molecule has 2 aromatic carbocycles. The summed E-state index contributed by atoms with van der Waals surface area (Å²) in [5.41, 5.74) is 10.6. The van der Waals surface area contributed by atoms with Crippen molar-refractivity contribution in [2.24, 2.45) is 5.11 Å². The van der Waals surface area contributed by atoms with Gasteiger partial charge in [-0.1, -0.05) is 41.5 Å². The van der Waals surface area contributed by atoms with Gasteiger partial charge in [0.2, 0.25) is 5.91 Å². The number of anilines is 2. The van der Waals surface area contributed by atoms with Crippen molar-refractivity contribution in [3.8, 4) is 0 Å². The summed E-state index contributed by atoms with van der Waals surface area (Å²) in [5, 5.41) is 10.3. The van der Waals surface area contributed by atoms with E-state index < -0.39 is 23.1 Å². The van der Waals surface area contributed by atoms with E-state index in [0.29, 0.717) is 19.4 Å². The zero-order valence-electron chi connectivity index (χ0n) is 17.0. The number of benzene rings is 2. The number of fused-ring (bicyclic) bond motifs is 4. The highest BCUT2D eigenvalue weighted by atomic mass is 16.5. The number of hydrogen-bond acceptors (Lipinski definition) is 5. The summed E-state index contributed by atoms with van der Waals surface area (Å²) < 4.78 is 5.06. The van der Waals surface area contributed by atoms with Gasteiger partial charge in [0.25, 0.3) is 0 Å². The fourth-order valence-electron chi connectivity index (χ4n) is 5.94. The maximum atomic E-state index is 13.8. The van der Waals surface area contributed by atoms with Crippen LogP contribution in [0.2, 0.25) is 0 Å². The highest BCUT2D eigenvalue weighted by Gasteiger charge is 2.70. The van der Waals surface area contributed by atoms with Crippen molar-refractivity contribution >= 4 is 23.4 Å². The van der Waals surface area contributed by atoms with E-state index in [1.165, 1.54) is 7.11 Å². The van der Waals surface area contributed by atoms with Gasteiger partial charge in [-0.25, -0.2) is 4.79 Å². The van der Waals surface area contributed by atoms with Gasteiger partial charge in [-0.3, -0.25) is 9.69 Å². The lowest BCUT2D eigenvalue weighted by Crippen LogP contribution is -2.60. The molecule has 31 heavy (non-hydrogen) atoms. The summed E-state index contributed by atoms with van der Waals surface area (Å²) in [6.07, 6.45) is -0.0274. The van der Waals surface area contributed by atoms with Gasteiger partial charge < -0.3 is 15.4 Å². The molecule has 9 nitrogen and oxygen atoms in total. The average Bonchev–Trinajstić information content (AvgIpc) is 3.41. The number of hydrogen-bond donors (Lipinski definition) is 2. The topological polar surface area (TPSA) is 119 Å². The monoisotopic (exact) mass is 418 g/mol. The second kappa shape index (κ2) is 6.92. The van der Waals surface area contributed by atoms with Crippen LogP contribution in [0.5, 0.6) is 0 Å². The van der Waals surface area contributed by atoms with Crippen LogP contribution in [0.25, 0.3) is 10.4 Å². The van der Waals surface area contributed by atoms with E-state index in [-0.39, 0.29) is 12.5 Å². The van der Waals surface area contributed by atoms with Crippen molar-refractivity contribution in [2.75, 3.05) is 30.8 Å². The highest BCUT2D eigenvalue weighted by molar-refractivity contribution is 6.08. The van der Waals surface area contributed by atoms with Gasteiger partial charge in [0, 0.05) is 29.4 Å². The molecule has 3 heterocycles. The second-order valence-corrected chi connectivity index (χ2v) is 8.09. The van der Waals surface area contributed by atoms with E-state index in [2.05, 4.69) is 20.7 Å². The van der Waals surface area contributed by atoms with Crippen molar-refractivity contribution < 1.29 is 14.3 Å². The summed E-state index contributed by atoms with van der Waals surface area (Å²) >= 11 is 0. The van der Waals surface area contributed by atoms with Crippen LogP contribution in [-0.4, -0.2) is 43.3 Å². The largest absolute Gasteiger partial charge is 0.453 e. The molecule has 3 aliphatic heterocycles. The number of para-hydroxylation sites is 2. The van der Waals surface area contributed by atoms with Gasteiger partial charge >= 0.3 is 6.09 Å². The molecule has 3 aliphatic rings. The predicted molar refractivity (Wildman–Crippen MR) is 115 cm³/mol. The molecule has 2 N–H and O–H groups in total. The first-order valence-electron chi connectivity index (χ1n) is 10.2. The smallest absolute Gasteiger partial charge is 0.411 e. The van der Waals surface area contributed by atoms with Crippen LogP contribution in [0.15, 0.2) is 53.6 Å². The Kier molecular flexibility index (Phi) is 4.30. The molecule has 0 bridgehead atoms. The lowest BCUT2D eigenvalue weighted by Gasteiger charge is -2.46. The Morgan fingerprint density at radius 3 is 2.68 bits per heavy atom. The molecule has 0 spiro atoms. The maximum Gasteiger partial charge on any atom is 0.411 e. The zero-order chi connectivity index (χ0) is 21.6. The van der Waals surface area contributed by atoms with Crippen molar-refractivity contribution in [1.82, 2.24) is 4.90 Å². The third-order valence-electron chi connectivity index (χ3n) is 7.07. The molecular formula is C22H22N6O3. The summed E-state index contributed by atoms with van der Waals surface area (Å²) in [5.74, 6) is -0.142. The van der Waals surface area contributed by atoms with Gasteiger partial charge in [0.15, 0.2) is 0 Å². The molecule has 2 aromatic rings. The minimum Gasteiger partial charge on any atom is -0.453 e. The lowest BCUT2D eigenvalue weighted by atomic mass is 9.55. The molecule has 9 heteroatoms. The van der Waals surface area contributed by atoms with Crippen LogP contribution in [0.1, 0.15) is 24.0 Å². The van der Waals surface area contributed by atoms with Crippen LogP contribution >= 0.6 is 0 Å². The predicted octanol–water partition coefficient (Wildman–Crippen LogP) is 3.74. The minimum absolute atomic E-state index is 0.142. The van der Waals surface area contributed by atoms with Crippen molar-refractivity contribution in [3.63, 3.8) is 0 Å². The van der Waals surface area contributed by atoms with E-state index in [1.54, 1.807) is 4.90 Å². The number of methoxy groups -OCH3 is 1. The molecule has 3 atom stereocenters. The van der Waals surface area contributed by atoms with Crippen molar-refractivity contribution in [2.45, 2.75) is 29.8 Å². The number of nitrogens with one attached hydrogen (secondary N) is 2. The normalized spacial score (nSPS) is 27.5. The first kappa shape index (κ1) is 19.3. The van der Waals surface area contributed by atoms with E-state index in [9.17, 15) is 9.59 Å². The average molecular weight is 418 g/mol. The van der Waals surface area contributed by atoms with Crippen molar-refractivity contribution in [3.05, 3.63) is 70.1 Å². The lowest BCUT2D eigenvalue weighted by molar-refractivity contribution is -0.124. The van der Waals surface area contributed by atoms with E-state index in [4.69, 9.17) is 10.3 Å². The van der Waals surface area contributed by atoms with Gasteiger partial charge in [-0.2, -0.15) is 0 Å². The molecule has 0 saturated carbocycles. The molecule has 1 fully saturated rings. The van der Waals surface area contributed by atoms with E-state index in [0.717, 1.165) is 22.5 Å². The number of amides is 2. The van der Waals surface area contributed by atoms with Crippen LogP contribution in [-0.2, 0) is 20.4 Å². The second-order valence-electron chi connectivity index (χ2n) is 8.09. The van der Waals surface area contributed by atoms with E-state index >= 15 is 0 Å². The zero-order valence-corrected chi connectivity index (χ0v) is 17.0. The van der Waals surface area contributed by atoms with Gasteiger partial charge in [0.1, 0.15) is 6.17 Å². The first-order valence-corrected chi connectivity index (χ1v) is 10.2. The number of carbonyl (C=O) groups is 2. The summed E-state index contributed by atoms with van der Waals surface area (Å²) in [6.45, 7) is 0.602. The number of carbonyl (C=O) groups excluding carboxylic acids is 2. The quantitative estimate of drug-likeness (QED) is 0.446. The molecule has 1 unspecified atom stereocenters. The van der Waals surface area contributed by atoms with Crippen LogP contribution in [0, 0.1) is 0 Å². The van der Waals surface area contributed by atoms with Crippen molar-refractivity contribution in [1.29, 1.82) is 0 Å².